The Bertz CT molecular complexity index is 247. The van der Waals surface area contributed by atoms with Gasteiger partial charge < -0.3 is 10.1 Å². The van der Waals surface area contributed by atoms with Gasteiger partial charge in [-0.25, -0.2) is 0 Å². The highest BCUT2D eigenvalue weighted by Crippen LogP contribution is 2.35. The van der Waals surface area contributed by atoms with E-state index in [1.165, 1.54) is 51.6 Å². The lowest BCUT2D eigenvalue weighted by Gasteiger charge is -2.44. The SMILES string of the molecule is CCOC1CC(N2CCCC2C2CCCN2)C1. The summed E-state index contributed by atoms with van der Waals surface area (Å²) >= 11 is 0. The molecule has 0 spiro atoms. The largest absolute Gasteiger partial charge is 0.378 e. The third-order valence-corrected chi connectivity index (χ3v) is 4.85. The van der Waals surface area contributed by atoms with E-state index < -0.39 is 0 Å². The van der Waals surface area contributed by atoms with Crippen molar-refractivity contribution in [3.63, 3.8) is 0 Å². The summed E-state index contributed by atoms with van der Waals surface area (Å²) in [6, 6.07) is 2.43. The summed E-state index contributed by atoms with van der Waals surface area (Å²) in [5, 5.41) is 3.70. The Morgan fingerprint density at radius 1 is 1.24 bits per heavy atom. The summed E-state index contributed by atoms with van der Waals surface area (Å²) in [4.78, 5) is 2.79. The van der Waals surface area contributed by atoms with Gasteiger partial charge in [0.15, 0.2) is 0 Å². The second-order valence-corrected chi connectivity index (χ2v) is 5.85. The van der Waals surface area contributed by atoms with Crippen molar-refractivity contribution >= 4 is 0 Å². The summed E-state index contributed by atoms with van der Waals surface area (Å²) in [6.07, 6.45) is 8.69. The fraction of sp³-hybridized carbons (Fsp3) is 1.00. The minimum atomic E-state index is 0.558. The summed E-state index contributed by atoms with van der Waals surface area (Å²) in [6.45, 7) is 5.55. The van der Waals surface area contributed by atoms with Crippen LogP contribution in [0.5, 0.6) is 0 Å². The maximum Gasteiger partial charge on any atom is 0.0604 e. The highest BCUT2D eigenvalue weighted by molar-refractivity contribution is 4.98. The zero-order valence-electron chi connectivity index (χ0n) is 11.0. The first kappa shape index (κ1) is 11.9. The molecular formula is C14H26N2O. The average molecular weight is 238 g/mol. The molecule has 3 heteroatoms. The average Bonchev–Trinajstić information content (AvgIpc) is 2.92. The molecule has 1 saturated carbocycles. The van der Waals surface area contributed by atoms with Gasteiger partial charge in [0.1, 0.15) is 0 Å². The van der Waals surface area contributed by atoms with Crippen LogP contribution in [-0.2, 0) is 4.74 Å². The third kappa shape index (κ3) is 2.38. The van der Waals surface area contributed by atoms with E-state index in [4.69, 9.17) is 4.74 Å². The maximum atomic E-state index is 5.69. The molecule has 0 aromatic carbocycles. The monoisotopic (exact) mass is 238 g/mol. The minimum Gasteiger partial charge on any atom is -0.378 e. The van der Waals surface area contributed by atoms with Crippen molar-refractivity contribution in [2.24, 2.45) is 0 Å². The van der Waals surface area contributed by atoms with Crippen molar-refractivity contribution in [3.05, 3.63) is 0 Å². The van der Waals surface area contributed by atoms with Crippen molar-refractivity contribution in [1.29, 1.82) is 0 Å². The van der Waals surface area contributed by atoms with Gasteiger partial charge in [-0.3, -0.25) is 4.90 Å². The molecule has 2 atom stereocenters. The second kappa shape index (κ2) is 5.25. The van der Waals surface area contributed by atoms with Crippen LogP contribution >= 0.6 is 0 Å². The lowest BCUT2D eigenvalue weighted by atomic mass is 9.86. The van der Waals surface area contributed by atoms with Crippen LogP contribution in [0.25, 0.3) is 0 Å². The molecule has 2 heterocycles. The summed E-state index contributed by atoms with van der Waals surface area (Å²) in [5.41, 5.74) is 0. The molecule has 1 N–H and O–H groups in total. The number of nitrogens with one attached hydrogen (secondary N) is 1. The highest BCUT2D eigenvalue weighted by atomic mass is 16.5. The van der Waals surface area contributed by atoms with Gasteiger partial charge in [0.05, 0.1) is 6.10 Å². The van der Waals surface area contributed by atoms with E-state index in [9.17, 15) is 0 Å². The fourth-order valence-corrected chi connectivity index (χ4v) is 3.92. The number of hydrogen-bond donors (Lipinski definition) is 1. The highest BCUT2D eigenvalue weighted by Gasteiger charge is 2.42. The molecule has 98 valence electrons. The molecule has 0 aromatic heterocycles. The lowest BCUT2D eigenvalue weighted by Crippen LogP contribution is -2.54. The van der Waals surface area contributed by atoms with E-state index in [0.29, 0.717) is 6.10 Å². The number of ether oxygens (including phenoxy) is 1. The molecule has 3 aliphatic rings. The Balaban J connectivity index is 1.52. The van der Waals surface area contributed by atoms with E-state index in [1.54, 1.807) is 0 Å². The first-order chi connectivity index (χ1) is 8.38. The molecule has 0 amide bonds. The maximum absolute atomic E-state index is 5.69. The lowest BCUT2D eigenvalue weighted by molar-refractivity contribution is -0.0521. The van der Waals surface area contributed by atoms with Crippen LogP contribution < -0.4 is 5.32 Å². The van der Waals surface area contributed by atoms with Crippen molar-refractivity contribution in [2.45, 2.75) is 69.7 Å². The molecule has 0 aromatic rings. The van der Waals surface area contributed by atoms with Crippen LogP contribution in [0.15, 0.2) is 0 Å². The standard InChI is InChI=1S/C14H26N2O/c1-2-17-12-9-11(10-12)16-8-4-6-14(16)13-5-3-7-15-13/h11-15H,2-10H2,1H3. The summed E-state index contributed by atoms with van der Waals surface area (Å²) in [5.74, 6) is 0. The molecule has 17 heavy (non-hydrogen) atoms. The van der Waals surface area contributed by atoms with Crippen molar-refractivity contribution in [2.75, 3.05) is 19.7 Å². The predicted molar refractivity (Wildman–Crippen MR) is 69.2 cm³/mol. The van der Waals surface area contributed by atoms with E-state index in [2.05, 4.69) is 17.1 Å². The predicted octanol–water partition coefficient (Wildman–Crippen LogP) is 1.77. The van der Waals surface area contributed by atoms with E-state index in [1.807, 2.05) is 0 Å². The van der Waals surface area contributed by atoms with E-state index >= 15 is 0 Å². The van der Waals surface area contributed by atoms with Crippen LogP contribution in [0.1, 0.15) is 45.4 Å². The van der Waals surface area contributed by atoms with Crippen molar-refractivity contribution in [1.82, 2.24) is 10.2 Å². The van der Waals surface area contributed by atoms with Crippen LogP contribution in [0, 0.1) is 0 Å². The number of rotatable bonds is 4. The zero-order chi connectivity index (χ0) is 11.7. The van der Waals surface area contributed by atoms with Crippen LogP contribution in [0.4, 0.5) is 0 Å². The van der Waals surface area contributed by atoms with E-state index in [0.717, 1.165) is 24.7 Å². The molecule has 0 radical (unpaired) electrons. The van der Waals surface area contributed by atoms with E-state index in [-0.39, 0.29) is 0 Å². The molecule has 3 fully saturated rings. The molecular weight excluding hydrogens is 212 g/mol. The molecule has 2 aliphatic heterocycles. The van der Waals surface area contributed by atoms with Crippen LogP contribution in [0.2, 0.25) is 0 Å². The molecule has 0 bridgehead atoms. The molecule has 3 rings (SSSR count). The first-order valence-electron chi connectivity index (χ1n) is 7.49. The van der Waals surface area contributed by atoms with Crippen LogP contribution in [0.3, 0.4) is 0 Å². The number of nitrogens with zero attached hydrogens (tertiary/aromatic N) is 1. The third-order valence-electron chi connectivity index (χ3n) is 4.85. The summed E-state index contributed by atoms with van der Waals surface area (Å²) in [7, 11) is 0. The van der Waals surface area contributed by atoms with Gasteiger partial charge >= 0.3 is 0 Å². The zero-order valence-corrected chi connectivity index (χ0v) is 11.0. The fourth-order valence-electron chi connectivity index (χ4n) is 3.92. The minimum absolute atomic E-state index is 0.558. The molecule has 2 unspecified atom stereocenters. The van der Waals surface area contributed by atoms with Crippen molar-refractivity contribution in [3.8, 4) is 0 Å². The van der Waals surface area contributed by atoms with Crippen molar-refractivity contribution < 1.29 is 4.74 Å². The molecule has 2 saturated heterocycles. The van der Waals surface area contributed by atoms with Gasteiger partial charge in [-0.05, 0) is 58.5 Å². The Morgan fingerprint density at radius 3 is 2.82 bits per heavy atom. The Kier molecular flexibility index (Phi) is 3.69. The Morgan fingerprint density at radius 2 is 2.12 bits per heavy atom. The van der Waals surface area contributed by atoms with Crippen LogP contribution in [-0.4, -0.2) is 48.8 Å². The second-order valence-electron chi connectivity index (χ2n) is 5.85. The van der Waals surface area contributed by atoms with Gasteiger partial charge in [0, 0.05) is 24.7 Å². The Hall–Kier alpha value is -0.120. The smallest absolute Gasteiger partial charge is 0.0604 e. The number of hydrogen-bond acceptors (Lipinski definition) is 3. The van der Waals surface area contributed by atoms with Gasteiger partial charge in [-0.15, -0.1) is 0 Å². The molecule has 1 aliphatic carbocycles. The van der Waals surface area contributed by atoms with Gasteiger partial charge in [0.2, 0.25) is 0 Å². The normalized spacial score (nSPS) is 42.9. The number of likely N-dealkylation sites (tertiary alicyclic amines) is 1. The van der Waals surface area contributed by atoms with Gasteiger partial charge in [-0.1, -0.05) is 0 Å². The van der Waals surface area contributed by atoms with Gasteiger partial charge in [0.25, 0.3) is 0 Å². The quantitative estimate of drug-likeness (QED) is 0.808. The topological polar surface area (TPSA) is 24.5 Å². The Labute approximate surface area is 105 Å². The molecule has 3 nitrogen and oxygen atoms in total. The van der Waals surface area contributed by atoms with Gasteiger partial charge in [-0.2, -0.15) is 0 Å². The summed E-state index contributed by atoms with van der Waals surface area (Å²) < 4.78 is 5.69. The first-order valence-corrected chi connectivity index (χ1v) is 7.49.